The third-order valence-electron chi connectivity index (χ3n) is 3.60. The van der Waals surface area contributed by atoms with Crippen molar-refractivity contribution in [1.29, 1.82) is 0 Å². The first-order valence-corrected chi connectivity index (χ1v) is 6.46. The maximum Gasteiger partial charge on any atom is 0.0657 e. The average Bonchev–Trinajstić information content (AvgIpc) is 2.55. The molecule has 1 saturated carbocycles. The summed E-state index contributed by atoms with van der Waals surface area (Å²) in [4.78, 5) is 0. The highest BCUT2D eigenvalue weighted by Gasteiger charge is 2.34. The van der Waals surface area contributed by atoms with E-state index in [9.17, 15) is 0 Å². The second-order valence-corrected chi connectivity index (χ2v) is 6.15. The second-order valence-electron chi connectivity index (χ2n) is 6.15. The number of hydrogen-bond acceptors (Lipinski definition) is 3. The Morgan fingerprint density at radius 1 is 1.50 bits per heavy atom. The molecule has 3 N–H and O–H groups in total. The molecule has 0 radical (unpaired) electrons. The van der Waals surface area contributed by atoms with Crippen molar-refractivity contribution in [2.45, 2.75) is 58.5 Å². The van der Waals surface area contributed by atoms with Gasteiger partial charge in [-0.25, -0.2) is 0 Å². The summed E-state index contributed by atoms with van der Waals surface area (Å²) in [6.45, 7) is 11.0. The molecule has 3 heteroatoms. The predicted molar refractivity (Wildman–Crippen MR) is 68.5 cm³/mol. The van der Waals surface area contributed by atoms with E-state index >= 15 is 0 Å². The highest BCUT2D eigenvalue weighted by atomic mass is 16.5. The lowest BCUT2D eigenvalue weighted by molar-refractivity contribution is 0.0809. The van der Waals surface area contributed by atoms with Gasteiger partial charge in [-0.05, 0) is 38.5 Å². The molecule has 2 atom stereocenters. The Hall–Kier alpha value is -0.120. The average molecular weight is 228 g/mol. The summed E-state index contributed by atoms with van der Waals surface area (Å²) in [6, 6.07) is 0.601. The van der Waals surface area contributed by atoms with Gasteiger partial charge in [0, 0.05) is 19.2 Å². The van der Waals surface area contributed by atoms with Gasteiger partial charge in [0.05, 0.1) is 12.1 Å². The lowest BCUT2D eigenvalue weighted by Crippen LogP contribution is -2.55. The van der Waals surface area contributed by atoms with Crippen LogP contribution in [0.15, 0.2) is 0 Å². The van der Waals surface area contributed by atoms with Crippen molar-refractivity contribution in [3.8, 4) is 0 Å². The van der Waals surface area contributed by atoms with E-state index in [0.717, 1.165) is 6.61 Å². The van der Waals surface area contributed by atoms with Crippen molar-refractivity contribution in [2.75, 3.05) is 19.8 Å². The molecular weight excluding hydrogens is 200 g/mol. The first-order valence-electron chi connectivity index (χ1n) is 6.46. The second kappa shape index (κ2) is 5.48. The quantitative estimate of drug-likeness (QED) is 0.730. The Morgan fingerprint density at radius 2 is 2.19 bits per heavy atom. The van der Waals surface area contributed by atoms with Gasteiger partial charge in [-0.1, -0.05) is 13.8 Å². The predicted octanol–water partition coefficient (Wildman–Crippen LogP) is 1.91. The van der Waals surface area contributed by atoms with Gasteiger partial charge in [0.1, 0.15) is 0 Å². The van der Waals surface area contributed by atoms with Gasteiger partial charge in [0.15, 0.2) is 0 Å². The van der Waals surface area contributed by atoms with Crippen LogP contribution in [0.2, 0.25) is 0 Å². The molecule has 1 aliphatic carbocycles. The molecule has 0 bridgehead atoms. The van der Waals surface area contributed by atoms with Gasteiger partial charge in [0.25, 0.3) is 0 Å². The zero-order valence-corrected chi connectivity index (χ0v) is 11.3. The molecule has 0 heterocycles. The lowest BCUT2D eigenvalue weighted by atomic mass is 9.91. The Balaban J connectivity index is 2.44. The van der Waals surface area contributed by atoms with E-state index in [-0.39, 0.29) is 5.54 Å². The number of nitrogens with one attached hydrogen (secondary N) is 1. The zero-order chi connectivity index (χ0) is 12.2. The van der Waals surface area contributed by atoms with Crippen LogP contribution in [0.3, 0.4) is 0 Å². The minimum Gasteiger partial charge on any atom is -0.380 e. The molecule has 0 amide bonds. The van der Waals surface area contributed by atoms with E-state index in [4.69, 9.17) is 10.5 Å². The first kappa shape index (κ1) is 13.9. The summed E-state index contributed by atoms with van der Waals surface area (Å²) in [7, 11) is 0. The van der Waals surface area contributed by atoms with E-state index in [0.29, 0.717) is 24.6 Å². The number of nitrogens with two attached hydrogens (primary N) is 1. The van der Waals surface area contributed by atoms with Crippen LogP contribution in [0, 0.1) is 5.41 Å². The molecule has 0 aromatic carbocycles. The minimum atomic E-state index is -0.0684. The summed E-state index contributed by atoms with van der Waals surface area (Å²) >= 11 is 0. The third-order valence-corrected chi connectivity index (χ3v) is 3.60. The molecule has 0 aromatic heterocycles. The molecule has 0 aromatic rings. The topological polar surface area (TPSA) is 47.3 Å². The summed E-state index contributed by atoms with van der Waals surface area (Å²) in [5.41, 5.74) is 6.27. The molecule has 1 fully saturated rings. The number of ether oxygens (including phenoxy) is 1. The summed E-state index contributed by atoms with van der Waals surface area (Å²) in [5.74, 6) is 0. The van der Waals surface area contributed by atoms with Crippen molar-refractivity contribution >= 4 is 0 Å². The fourth-order valence-electron chi connectivity index (χ4n) is 2.54. The zero-order valence-electron chi connectivity index (χ0n) is 11.3. The van der Waals surface area contributed by atoms with Crippen molar-refractivity contribution in [3.63, 3.8) is 0 Å². The van der Waals surface area contributed by atoms with Crippen molar-refractivity contribution < 1.29 is 4.74 Å². The van der Waals surface area contributed by atoms with Gasteiger partial charge < -0.3 is 15.8 Å². The normalized spacial score (nSPS) is 27.9. The van der Waals surface area contributed by atoms with Gasteiger partial charge in [0.2, 0.25) is 0 Å². The Labute approximate surface area is 100 Å². The van der Waals surface area contributed by atoms with Crippen LogP contribution in [-0.4, -0.2) is 31.3 Å². The third kappa shape index (κ3) is 4.04. The number of rotatable bonds is 6. The first-order chi connectivity index (χ1) is 7.41. The Morgan fingerprint density at radius 3 is 2.62 bits per heavy atom. The molecule has 0 saturated heterocycles. The summed E-state index contributed by atoms with van der Waals surface area (Å²) in [6.07, 6.45) is 3.81. The fraction of sp³-hybridized carbons (Fsp3) is 1.00. The molecule has 2 unspecified atom stereocenters. The van der Waals surface area contributed by atoms with Crippen LogP contribution < -0.4 is 11.1 Å². The molecule has 16 heavy (non-hydrogen) atoms. The highest BCUT2D eigenvalue weighted by Crippen LogP contribution is 2.37. The van der Waals surface area contributed by atoms with Crippen LogP contribution in [-0.2, 0) is 4.74 Å². The largest absolute Gasteiger partial charge is 0.380 e. The maximum absolute atomic E-state index is 5.85. The van der Waals surface area contributed by atoms with Gasteiger partial charge in [-0.15, -0.1) is 0 Å². The molecule has 96 valence electrons. The minimum absolute atomic E-state index is 0.0684. The smallest absolute Gasteiger partial charge is 0.0657 e. The van der Waals surface area contributed by atoms with E-state index in [1.54, 1.807) is 0 Å². The monoisotopic (exact) mass is 228 g/mol. The highest BCUT2D eigenvalue weighted by molar-refractivity contribution is 4.93. The van der Waals surface area contributed by atoms with Crippen molar-refractivity contribution in [2.24, 2.45) is 11.1 Å². The van der Waals surface area contributed by atoms with Crippen LogP contribution in [0.1, 0.15) is 47.0 Å². The van der Waals surface area contributed by atoms with Crippen LogP contribution in [0.25, 0.3) is 0 Å². The molecule has 0 aliphatic heterocycles. The fourth-order valence-corrected chi connectivity index (χ4v) is 2.54. The van der Waals surface area contributed by atoms with E-state index in [1.807, 2.05) is 6.92 Å². The molecule has 0 spiro atoms. The summed E-state index contributed by atoms with van der Waals surface area (Å²) in [5, 5.41) is 3.68. The van der Waals surface area contributed by atoms with E-state index < -0.39 is 0 Å². The molecule has 1 aliphatic rings. The van der Waals surface area contributed by atoms with Gasteiger partial charge in [-0.2, -0.15) is 0 Å². The number of hydrogen-bond donors (Lipinski definition) is 2. The van der Waals surface area contributed by atoms with E-state index in [1.165, 1.54) is 19.3 Å². The SMILES string of the molecule is CCOCC(C)(CN)NC1CCC(C)(C)C1. The van der Waals surface area contributed by atoms with E-state index in [2.05, 4.69) is 26.1 Å². The summed E-state index contributed by atoms with van der Waals surface area (Å²) < 4.78 is 5.51. The standard InChI is InChI=1S/C13H28N2O/c1-5-16-10-13(4,9-14)15-11-6-7-12(2,3)8-11/h11,15H,5-10,14H2,1-4H3. The van der Waals surface area contributed by atoms with Crippen LogP contribution >= 0.6 is 0 Å². The molecule has 1 rings (SSSR count). The maximum atomic E-state index is 5.85. The molecule has 3 nitrogen and oxygen atoms in total. The van der Waals surface area contributed by atoms with Crippen LogP contribution in [0.4, 0.5) is 0 Å². The van der Waals surface area contributed by atoms with Gasteiger partial charge >= 0.3 is 0 Å². The van der Waals surface area contributed by atoms with Gasteiger partial charge in [-0.3, -0.25) is 0 Å². The Kier molecular flexibility index (Phi) is 4.77. The Bertz CT molecular complexity index is 218. The lowest BCUT2D eigenvalue weighted by Gasteiger charge is -2.33. The van der Waals surface area contributed by atoms with Crippen molar-refractivity contribution in [3.05, 3.63) is 0 Å². The van der Waals surface area contributed by atoms with Crippen molar-refractivity contribution in [1.82, 2.24) is 5.32 Å². The van der Waals surface area contributed by atoms with Crippen LogP contribution in [0.5, 0.6) is 0 Å². The molecular formula is C13H28N2O.